The van der Waals surface area contributed by atoms with Gasteiger partial charge in [0.05, 0.1) is 6.61 Å². The van der Waals surface area contributed by atoms with E-state index in [0.29, 0.717) is 16.1 Å². The Bertz CT molecular complexity index is 681. The monoisotopic (exact) mass is 422 g/mol. The fourth-order valence-corrected chi connectivity index (χ4v) is 3.67. The Morgan fingerprint density at radius 3 is 1.93 bits per heavy atom. The predicted molar refractivity (Wildman–Crippen MR) is 120 cm³/mol. The van der Waals surface area contributed by atoms with Gasteiger partial charge in [-0.1, -0.05) is 82.0 Å². The molecule has 1 aromatic heterocycles. The zero-order valence-corrected chi connectivity index (χ0v) is 18.7. The van der Waals surface area contributed by atoms with Crippen molar-refractivity contribution in [1.82, 2.24) is 9.97 Å². The molecule has 0 atom stereocenters. The van der Waals surface area contributed by atoms with Crippen LogP contribution in [0, 0.1) is 0 Å². The second-order valence-electron chi connectivity index (χ2n) is 7.21. The van der Waals surface area contributed by atoms with Crippen molar-refractivity contribution in [2.75, 3.05) is 6.61 Å². The molecule has 1 aromatic carbocycles. The van der Waals surface area contributed by atoms with Gasteiger partial charge in [-0.15, -0.1) is 0 Å². The smallest absolute Gasteiger partial charge is 0.162 e. The first-order chi connectivity index (χ1) is 13.7. The van der Waals surface area contributed by atoms with E-state index in [2.05, 4.69) is 23.8 Å². The Kier molecular flexibility index (Phi) is 10.7. The van der Waals surface area contributed by atoms with Gasteiger partial charge in [0, 0.05) is 11.1 Å². The van der Waals surface area contributed by atoms with Crippen LogP contribution in [-0.2, 0) is 6.42 Å². The Hall–Kier alpha value is -1.32. The quantitative estimate of drug-likeness (QED) is 0.242. The number of benzene rings is 1. The summed E-state index contributed by atoms with van der Waals surface area (Å²) in [7, 11) is 0. The number of hydrogen-bond donors (Lipinski definition) is 0. The molecular formula is C23H32Cl2N2O. The first-order valence-corrected chi connectivity index (χ1v) is 11.4. The lowest BCUT2D eigenvalue weighted by Crippen LogP contribution is -1.99. The summed E-state index contributed by atoms with van der Waals surface area (Å²) >= 11 is 12.8. The van der Waals surface area contributed by atoms with E-state index in [1.807, 2.05) is 24.3 Å². The van der Waals surface area contributed by atoms with Crippen LogP contribution in [0.1, 0.15) is 77.2 Å². The first kappa shape index (κ1) is 23.0. The number of unbranched alkanes of at least 4 members (excludes halogenated alkanes) is 7. The van der Waals surface area contributed by atoms with Crippen molar-refractivity contribution in [3.05, 3.63) is 40.1 Å². The third-order valence-electron chi connectivity index (χ3n) is 4.82. The number of hydrogen-bond acceptors (Lipinski definition) is 3. The molecule has 2 rings (SSSR count). The van der Waals surface area contributed by atoms with E-state index in [0.717, 1.165) is 42.7 Å². The Morgan fingerprint density at radius 1 is 0.750 bits per heavy atom. The van der Waals surface area contributed by atoms with Crippen molar-refractivity contribution in [3.63, 3.8) is 0 Å². The summed E-state index contributed by atoms with van der Waals surface area (Å²) in [6.45, 7) is 5.17. The van der Waals surface area contributed by atoms with E-state index in [1.54, 1.807) is 0 Å². The average molecular weight is 423 g/mol. The molecule has 0 fully saturated rings. The maximum Gasteiger partial charge on any atom is 0.162 e. The molecule has 154 valence electrons. The minimum absolute atomic E-state index is 0.460. The molecule has 28 heavy (non-hydrogen) atoms. The molecule has 5 heteroatoms. The zero-order chi connectivity index (χ0) is 20.2. The number of rotatable bonds is 13. The Morgan fingerprint density at radius 2 is 1.32 bits per heavy atom. The normalized spacial score (nSPS) is 11.0. The minimum Gasteiger partial charge on any atom is -0.494 e. The molecule has 0 amide bonds. The highest BCUT2D eigenvalue weighted by molar-refractivity contribution is 6.34. The number of ether oxygens (including phenoxy) is 1. The van der Waals surface area contributed by atoms with Crippen LogP contribution < -0.4 is 4.74 Å². The number of aromatic nitrogens is 2. The maximum atomic E-state index is 6.41. The van der Waals surface area contributed by atoms with Gasteiger partial charge < -0.3 is 4.74 Å². The van der Waals surface area contributed by atoms with Gasteiger partial charge >= 0.3 is 0 Å². The van der Waals surface area contributed by atoms with Crippen molar-refractivity contribution in [2.24, 2.45) is 0 Å². The molecule has 0 aliphatic carbocycles. The van der Waals surface area contributed by atoms with Crippen LogP contribution in [0.5, 0.6) is 5.75 Å². The summed E-state index contributed by atoms with van der Waals surface area (Å²) < 4.78 is 5.79. The van der Waals surface area contributed by atoms with Crippen molar-refractivity contribution < 1.29 is 4.74 Å². The molecule has 0 aliphatic rings. The minimum atomic E-state index is 0.460. The number of nitrogens with zero attached hydrogens (tertiary/aromatic N) is 2. The molecule has 0 radical (unpaired) electrons. The average Bonchev–Trinajstić information content (AvgIpc) is 2.70. The topological polar surface area (TPSA) is 35.0 Å². The fourth-order valence-electron chi connectivity index (χ4n) is 3.09. The summed E-state index contributed by atoms with van der Waals surface area (Å²) in [6.07, 6.45) is 11.6. The third-order valence-corrected chi connectivity index (χ3v) is 5.44. The van der Waals surface area contributed by atoms with Gasteiger partial charge in [0.2, 0.25) is 0 Å². The standard InChI is InChI=1S/C23H32Cl2N2O/c1-3-5-7-9-10-12-20-21(24)26-23(27-22(20)25)18-13-15-19(16-14-18)28-17-11-8-6-4-2/h13-16H,3-12,17H2,1-2H3. The lowest BCUT2D eigenvalue weighted by molar-refractivity contribution is 0.305. The Labute approximate surface area is 179 Å². The summed E-state index contributed by atoms with van der Waals surface area (Å²) in [5, 5.41) is 0.920. The van der Waals surface area contributed by atoms with Crippen LogP contribution in [0.3, 0.4) is 0 Å². The highest BCUT2D eigenvalue weighted by atomic mass is 35.5. The van der Waals surface area contributed by atoms with Crippen molar-refractivity contribution in [1.29, 1.82) is 0 Å². The molecule has 0 saturated heterocycles. The summed E-state index contributed by atoms with van der Waals surface area (Å²) in [5.41, 5.74) is 1.74. The summed E-state index contributed by atoms with van der Waals surface area (Å²) in [6, 6.07) is 7.80. The van der Waals surface area contributed by atoms with Crippen molar-refractivity contribution in [3.8, 4) is 17.1 Å². The summed E-state index contributed by atoms with van der Waals surface area (Å²) in [4.78, 5) is 8.95. The number of halogens is 2. The molecule has 3 nitrogen and oxygen atoms in total. The molecule has 0 N–H and O–H groups in total. The van der Waals surface area contributed by atoms with E-state index in [9.17, 15) is 0 Å². The van der Waals surface area contributed by atoms with Crippen LogP contribution in [0.2, 0.25) is 10.3 Å². The first-order valence-electron chi connectivity index (χ1n) is 10.6. The molecule has 2 aromatic rings. The van der Waals surface area contributed by atoms with Gasteiger partial charge in [-0.05, 0) is 43.5 Å². The Balaban J connectivity index is 1.93. The van der Waals surface area contributed by atoms with Crippen LogP contribution in [0.25, 0.3) is 11.4 Å². The highest BCUT2D eigenvalue weighted by Crippen LogP contribution is 2.28. The molecule has 0 bridgehead atoms. The zero-order valence-electron chi connectivity index (χ0n) is 17.1. The van der Waals surface area contributed by atoms with Gasteiger partial charge in [0.25, 0.3) is 0 Å². The second-order valence-corrected chi connectivity index (χ2v) is 7.92. The van der Waals surface area contributed by atoms with Crippen LogP contribution in [0.15, 0.2) is 24.3 Å². The fraction of sp³-hybridized carbons (Fsp3) is 0.565. The lowest BCUT2D eigenvalue weighted by atomic mass is 10.1. The van der Waals surface area contributed by atoms with E-state index in [-0.39, 0.29) is 0 Å². The molecule has 0 spiro atoms. The van der Waals surface area contributed by atoms with Gasteiger partial charge in [-0.2, -0.15) is 0 Å². The van der Waals surface area contributed by atoms with Gasteiger partial charge in [-0.3, -0.25) is 0 Å². The summed E-state index contributed by atoms with van der Waals surface area (Å²) in [5.74, 6) is 1.42. The van der Waals surface area contributed by atoms with Crippen LogP contribution in [-0.4, -0.2) is 16.6 Å². The van der Waals surface area contributed by atoms with Crippen molar-refractivity contribution >= 4 is 23.2 Å². The second kappa shape index (κ2) is 13.0. The van der Waals surface area contributed by atoms with E-state index in [1.165, 1.54) is 44.9 Å². The highest BCUT2D eigenvalue weighted by Gasteiger charge is 2.13. The molecule has 0 unspecified atom stereocenters. The van der Waals surface area contributed by atoms with Crippen LogP contribution in [0.4, 0.5) is 0 Å². The lowest BCUT2D eigenvalue weighted by Gasteiger charge is -2.10. The third kappa shape index (κ3) is 7.60. The molecule has 0 saturated carbocycles. The predicted octanol–water partition coefficient (Wildman–Crippen LogP) is 7.92. The van der Waals surface area contributed by atoms with E-state index >= 15 is 0 Å². The maximum absolute atomic E-state index is 6.41. The molecule has 1 heterocycles. The van der Waals surface area contributed by atoms with Crippen molar-refractivity contribution in [2.45, 2.75) is 78.1 Å². The molecular weight excluding hydrogens is 391 g/mol. The van der Waals surface area contributed by atoms with E-state index < -0.39 is 0 Å². The van der Waals surface area contributed by atoms with Gasteiger partial charge in [0.15, 0.2) is 5.82 Å². The molecule has 0 aliphatic heterocycles. The van der Waals surface area contributed by atoms with Gasteiger partial charge in [0.1, 0.15) is 16.1 Å². The largest absolute Gasteiger partial charge is 0.494 e. The SMILES string of the molecule is CCCCCCCc1c(Cl)nc(-c2ccc(OCCCCCC)cc2)nc1Cl. The van der Waals surface area contributed by atoms with Crippen LogP contribution >= 0.6 is 23.2 Å². The van der Waals surface area contributed by atoms with Gasteiger partial charge in [-0.25, -0.2) is 9.97 Å². The van der Waals surface area contributed by atoms with E-state index in [4.69, 9.17) is 27.9 Å².